The summed E-state index contributed by atoms with van der Waals surface area (Å²) in [5.74, 6) is 0. The predicted molar refractivity (Wildman–Crippen MR) is 70.6 cm³/mol. The molecule has 6 heteroatoms. The molecule has 1 amide bonds. The Hall–Kier alpha value is -1.56. The number of amides is 1. The molecule has 1 saturated heterocycles. The first-order valence-corrected chi connectivity index (χ1v) is 7.82. The molecule has 1 aromatic carbocycles. The summed E-state index contributed by atoms with van der Waals surface area (Å²) >= 11 is 0. The molecule has 19 heavy (non-hydrogen) atoms. The van der Waals surface area contributed by atoms with Crippen molar-refractivity contribution < 1.29 is 17.9 Å². The summed E-state index contributed by atoms with van der Waals surface area (Å²) in [6.45, 7) is 4.31. The monoisotopic (exact) mass is 283 g/mol. The Bertz CT molecular complexity index is 590. The van der Waals surface area contributed by atoms with Gasteiger partial charge in [0.25, 0.3) is 0 Å². The third-order valence-electron chi connectivity index (χ3n) is 3.26. The van der Waals surface area contributed by atoms with Crippen LogP contribution in [0.2, 0.25) is 0 Å². The highest BCUT2D eigenvalue weighted by molar-refractivity contribution is 7.90. The van der Waals surface area contributed by atoms with E-state index in [4.69, 9.17) is 4.74 Å². The van der Waals surface area contributed by atoms with Crippen LogP contribution >= 0.6 is 0 Å². The molecule has 104 valence electrons. The lowest BCUT2D eigenvalue weighted by Crippen LogP contribution is -2.46. The third kappa shape index (κ3) is 2.89. The van der Waals surface area contributed by atoms with E-state index >= 15 is 0 Å². The van der Waals surface area contributed by atoms with Crippen molar-refractivity contribution in [1.82, 2.24) is 5.32 Å². The minimum absolute atomic E-state index is 0.192. The number of ether oxygens (including phenoxy) is 1. The predicted octanol–water partition coefficient (Wildman–Crippen LogP) is 1.90. The smallest absolute Gasteiger partial charge is 0.407 e. The Morgan fingerprint density at radius 3 is 2.37 bits per heavy atom. The lowest BCUT2D eigenvalue weighted by molar-refractivity contribution is 0.0387. The number of benzene rings is 1. The van der Waals surface area contributed by atoms with Crippen LogP contribution in [0.3, 0.4) is 0 Å². The van der Waals surface area contributed by atoms with E-state index in [0.29, 0.717) is 6.61 Å². The molecule has 0 radical (unpaired) electrons. The highest BCUT2D eigenvalue weighted by atomic mass is 32.2. The fourth-order valence-corrected chi connectivity index (χ4v) is 2.76. The maximum Gasteiger partial charge on any atom is 0.407 e. The van der Waals surface area contributed by atoms with E-state index in [9.17, 15) is 13.2 Å². The zero-order valence-electron chi connectivity index (χ0n) is 11.1. The van der Waals surface area contributed by atoms with Crippen molar-refractivity contribution in [2.24, 2.45) is 5.41 Å². The van der Waals surface area contributed by atoms with E-state index in [2.05, 4.69) is 5.32 Å². The lowest BCUT2D eigenvalue weighted by atomic mass is 9.80. The molecule has 1 fully saturated rings. The first-order chi connectivity index (χ1) is 8.70. The number of cyclic esters (lactones) is 1. The Kier molecular flexibility index (Phi) is 3.30. The van der Waals surface area contributed by atoms with Crippen molar-refractivity contribution in [1.29, 1.82) is 0 Å². The fourth-order valence-electron chi connectivity index (χ4n) is 2.13. The van der Waals surface area contributed by atoms with Crippen molar-refractivity contribution in [3.05, 3.63) is 29.8 Å². The Morgan fingerprint density at radius 2 is 1.84 bits per heavy atom. The fraction of sp³-hybridized carbons (Fsp3) is 0.462. The number of nitrogens with one attached hydrogen (secondary N) is 1. The van der Waals surface area contributed by atoms with Crippen LogP contribution < -0.4 is 5.32 Å². The maximum absolute atomic E-state index is 11.4. The molecule has 5 nitrogen and oxygen atoms in total. The second-order valence-corrected chi connectivity index (χ2v) is 7.50. The van der Waals surface area contributed by atoms with Crippen molar-refractivity contribution in [3.8, 4) is 0 Å². The molecule has 0 aromatic heterocycles. The number of sulfone groups is 1. The van der Waals surface area contributed by atoms with Crippen LogP contribution in [0.15, 0.2) is 29.2 Å². The summed E-state index contributed by atoms with van der Waals surface area (Å²) in [4.78, 5) is 11.6. The number of hydrogen-bond donors (Lipinski definition) is 1. The van der Waals surface area contributed by atoms with Crippen molar-refractivity contribution >= 4 is 15.9 Å². The largest absolute Gasteiger partial charge is 0.449 e. The SMILES string of the molecule is CC1(C)COC(=O)N[C@@H]1c1ccc(S(C)(=O)=O)cc1. The number of alkyl carbamates (subject to hydrolysis) is 1. The Balaban J connectivity index is 2.33. The van der Waals surface area contributed by atoms with Gasteiger partial charge in [0.05, 0.1) is 10.9 Å². The molecule has 0 bridgehead atoms. The van der Waals surface area contributed by atoms with Crippen LogP contribution in [0.4, 0.5) is 4.79 Å². The zero-order valence-corrected chi connectivity index (χ0v) is 12.0. The van der Waals surface area contributed by atoms with E-state index in [1.807, 2.05) is 13.8 Å². The minimum atomic E-state index is -3.20. The third-order valence-corrected chi connectivity index (χ3v) is 4.39. The van der Waals surface area contributed by atoms with Crippen LogP contribution in [0.5, 0.6) is 0 Å². The summed E-state index contributed by atoms with van der Waals surface area (Å²) in [6.07, 6.45) is 0.721. The van der Waals surface area contributed by atoms with Gasteiger partial charge in [0.2, 0.25) is 0 Å². The van der Waals surface area contributed by atoms with Crippen LogP contribution in [-0.2, 0) is 14.6 Å². The second-order valence-electron chi connectivity index (χ2n) is 5.48. The van der Waals surface area contributed by atoms with Crippen LogP contribution in [0.25, 0.3) is 0 Å². The van der Waals surface area contributed by atoms with Gasteiger partial charge in [-0.25, -0.2) is 13.2 Å². The molecule has 1 aliphatic rings. The quantitative estimate of drug-likeness (QED) is 0.899. The van der Waals surface area contributed by atoms with Gasteiger partial charge in [-0.3, -0.25) is 0 Å². The van der Waals surface area contributed by atoms with Crippen molar-refractivity contribution in [2.45, 2.75) is 24.8 Å². The van der Waals surface area contributed by atoms with Crippen molar-refractivity contribution in [3.63, 3.8) is 0 Å². The standard InChI is InChI=1S/C13H17NO4S/c1-13(2)8-18-12(15)14-11(13)9-4-6-10(7-5-9)19(3,16)17/h4-7,11H,8H2,1-3H3,(H,14,15)/t11-/m1/s1. The number of hydrogen-bond acceptors (Lipinski definition) is 4. The number of carbonyl (C=O) groups is 1. The molecule has 2 rings (SSSR count). The maximum atomic E-state index is 11.4. The Labute approximate surface area is 112 Å². The molecule has 1 aliphatic heterocycles. The molecule has 0 aliphatic carbocycles. The van der Waals surface area contributed by atoms with Gasteiger partial charge < -0.3 is 10.1 Å². The first-order valence-electron chi connectivity index (χ1n) is 5.93. The summed E-state index contributed by atoms with van der Waals surface area (Å²) in [5.41, 5.74) is 0.620. The van der Waals surface area contributed by atoms with E-state index in [1.165, 1.54) is 6.26 Å². The molecular formula is C13H17NO4S. The highest BCUT2D eigenvalue weighted by Gasteiger charge is 2.37. The molecule has 1 heterocycles. The molecule has 1 aromatic rings. The van der Waals surface area contributed by atoms with E-state index in [1.54, 1.807) is 24.3 Å². The van der Waals surface area contributed by atoms with Crippen LogP contribution in [0.1, 0.15) is 25.5 Å². The first kappa shape index (κ1) is 13.9. The summed E-state index contributed by atoms with van der Waals surface area (Å²) in [5, 5.41) is 2.77. The molecule has 1 N–H and O–H groups in total. The summed E-state index contributed by atoms with van der Waals surface area (Å²) in [6, 6.07) is 6.38. The van der Waals surface area contributed by atoms with Gasteiger partial charge in [0.15, 0.2) is 9.84 Å². The van der Waals surface area contributed by atoms with Gasteiger partial charge in [-0.2, -0.15) is 0 Å². The average Bonchev–Trinajstić information content (AvgIpc) is 2.31. The van der Waals surface area contributed by atoms with Gasteiger partial charge in [0.1, 0.15) is 6.61 Å². The van der Waals surface area contributed by atoms with E-state index in [-0.39, 0.29) is 16.4 Å². The minimum Gasteiger partial charge on any atom is -0.449 e. The van der Waals surface area contributed by atoms with E-state index < -0.39 is 15.9 Å². The summed E-state index contributed by atoms with van der Waals surface area (Å²) < 4.78 is 27.8. The molecule has 0 spiro atoms. The van der Waals surface area contributed by atoms with Crippen LogP contribution in [0, 0.1) is 5.41 Å². The molecular weight excluding hydrogens is 266 g/mol. The molecule has 0 unspecified atom stereocenters. The normalized spacial score (nSPS) is 22.5. The van der Waals surface area contributed by atoms with Crippen molar-refractivity contribution in [2.75, 3.05) is 12.9 Å². The number of carbonyl (C=O) groups excluding carboxylic acids is 1. The topological polar surface area (TPSA) is 72.5 Å². The van der Waals surface area contributed by atoms with Gasteiger partial charge in [-0.15, -0.1) is 0 Å². The lowest BCUT2D eigenvalue weighted by Gasteiger charge is -2.38. The van der Waals surface area contributed by atoms with Gasteiger partial charge >= 0.3 is 6.09 Å². The Morgan fingerprint density at radius 1 is 1.26 bits per heavy atom. The van der Waals surface area contributed by atoms with Crippen LogP contribution in [-0.4, -0.2) is 27.4 Å². The van der Waals surface area contributed by atoms with Gasteiger partial charge in [-0.1, -0.05) is 26.0 Å². The molecule has 1 atom stereocenters. The zero-order chi connectivity index (χ0) is 14.3. The van der Waals surface area contributed by atoms with Gasteiger partial charge in [0, 0.05) is 11.7 Å². The molecule has 0 saturated carbocycles. The summed E-state index contributed by atoms with van der Waals surface area (Å²) in [7, 11) is -3.20. The van der Waals surface area contributed by atoms with Gasteiger partial charge in [-0.05, 0) is 17.7 Å². The average molecular weight is 283 g/mol. The second kappa shape index (κ2) is 4.52. The highest BCUT2D eigenvalue weighted by Crippen LogP contribution is 2.36. The number of rotatable bonds is 2. The van der Waals surface area contributed by atoms with E-state index in [0.717, 1.165) is 5.56 Å².